The highest BCUT2D eigenvalue weighted by Crippen LogP contribution is 2.23. The number of H-pyrrole nitrogens is 1. The Morgan fingerprint density at radius 3 is 2.48 bits per heavy atom. The zero-order valence-corrected chi connectivity index (χ0v) is 15.5. The molecule has 1 heterocycles. The number of aromatic amines is 1. The van der Waals surface area contributed by atoms with Crippen molar-refractivity contribution in [3.63, 3.8) is 0 Å². The molecule has 0 bridgehead atoms. The zero-order valence-electron chi connectivity index (χ0n) is 14.7. The molecule has 0 aliphatic carbocycles. The monoisotopic (exact) mass is 383 g/mol. The van der Waals surface area contributed by atoms with E-state index in [0.717, 1.165) is 0 Å². The molecule has 0 saturated carbocycles. The molecule has 3 rings (SSSR count). The van der Waals surface area contributed by atoms with Gasteiger partial charge in [0.15, 0.2) is 4.77 Å². The largest absolute Gasteiger partial charge is 0.497 e. The number of nitrogens with zero attached hydrogens (tertiary/aromatic N) is 2. The number of rotatable bonds is 5. The average Bonchev–Trinajstić information content (AvgIpc) is 2.68. The predicted octanol–water partition coefficient (Wildman–Crippen LogP) is 3.37. The van der Waals surface area contributed by atoms with Crippen molar-refractivity contribution in [1.82, 2.24) is 9.55 Å². The van der Waals surface area contributed by atoms with E-state index in [0.29, 0.717) is 22.9 Å². The van der Waals surface area contributed by atoms with Gasteiger partial charge in [0.05, 0.1) is 25.6 Å². The Bertz CT molecular complexity index is 1100. The van der Waals surface area contributed by atoms with Crippen molar-refractivity contribution in [2.45, 2.75) is 0 Å². The quantitative estimate of drug-likeness (QED) is 0.521. The minimum absolute atomic E-state index is 0.0118. The second-order valence-corrected chi connectivity index (χ2v) is 5.88. The van der Waals surface area contributed by atoms with Gasteiger partial charge in [0.1, 0.15) is 17.1 Å². The first-order chi connectivity index (χ1) is 13.0. The minimum atomic E-state index is -0.533. The van der Waals surface area contributed by atoms with Crippen LogP contribution in [0.5, 0.6) is 17.4 Å². The van der Waals surface area contributed by atoms with Crippen molar-refractivity contribution in [1.29, 1.82) is 0 Å². The lowest BCUT2D eigenvalue weighted by atomic mass is 10.2. The predicted molar refractivity (Wildman–Crippen MR) is 106 cm³/mol. The summed E-state index contributed by atoms with van der Waals surface area (Å²) in [6.45, 7) is 0. The molecule has 8 heteroatoms. The number of methoxy groups -OCH3 is 2. The summed E-state index contributed by atoms with van der Waals surface area (Å²) in [6, 6.07) is 13.9. The maximum absolute atomic E-state index is 12.3. The van der Waals surface area contributed by atoms with Gasteiger partial charge in [-0.25, -0.2) is 0 Å². The summed E-state index contributed by atoms with van der Waals surface area (Å²) in [4.78, 5) is 19.0. The Hall–Kier alpha value is -3.39. The van der Waals surface area contributed by atoms with Gasteiger partial charge in [-0.05, 0) is 48.6 Å². The third-order valence-electron chi connectivity index (χ3n) is 3.85. The summed E-state index contributed by atoms with van der Waals surface area (Å²) in [7, 11) is 3.11. The third kappa shape index (κ3) is 3.90. The first-order valence-corrected chi connectivity index (χ1v) is 8.35. The first-order valence-electron chi connectivity index (χ1n) is 7.94. The van der Waals surface area contributed by atoms with Crippen LogP contribution in [-0.2, 0) is 0 Å². The van der Waals surface area contributed by atoms with E-state index in [9.17, 15) is 9.90 Å². The van der Waals surface area contributed by atoms with Gasteiger partial charge >= 0.3 is 0 Å². The summed E-state index contributed by atoms with van der Waals surface area (Å²) in [5.74, 6) is 0.976. The number of benzene rings is 2. The lowest BCUT2D eigenvalue weighted by Crippen LogP contribution is -2.18. The number of ether oxygens (including phenoxy) is 2. The van der Waals surface area contributed by atoms with E-state index in [1.165, 1.54) is 17.9 Å². The fourth-order valence-corrected chi connectivity index (χ4v) is 2.74. The molecule has 1 aromatic heterocycles. The topological polar surface area (TPSA) is 88.8 Å². The Kier molecular flexibility index (Phi) is 5.37. The molecule has 27 heavy (non-hydrogen) atoms. The number of nitrogens with one attached hydrogen (secondary N) is 1. The van der Waals surface area contributed by atoms with Gasteiger partial charge in [-0.3, -0.25) is 19.3 Å². The highest BCUT2D eigenvalue weighted by atomic mass is 32.1. The van der Waals surface area contributed by atoms with E-state index >= 15 is 0 Å². The van der Waals surface area contributed by atoms with E-state index in [2.05, 4.69) is 9.98 Å². The zero-order chi connectivity index (χ0) is 19.4. The van der Waals surface area contributed by atoms with Crippen molar-refractivity contribution in [2.75, 3.05) is 14.2 Å². The van der Waals surface area contributed by atoms with Gasteiger partial charge < -0.3 is 14.6 Å². The Morgan fingerprint density at radius 1 is 1.11 bits per heavy atom. The molecule has 3 aromatic rings. The van der Waals surface area contributed by atoms with Crippen molar-refractivity contribution < 1.29 is 14.6 Å². The smallest absolute Gasteiger partial charge is 0.264 e. The van der Waals surface area contributed by atoms with Crippen molar-refractivity contribution in [3.05, 3.63) is 69.2 Å². The first kappa shape index (κ1) is 18.4. The number of hydrogen-bond donors (Lipinski definition) is 2. The maximum Gasteiger partial charge on any atom is 0.264 e. The number of hydrogen-bond acceptors (Lipinski definition) is 6. The molecule has 0 unspecified atom stereocenters. The SMILES string of the molecule is COc1ccc(N=Cc2c(O)n(-c3cccc(OC)c3)c(=S)[nH]c2=O)cc1. The molecule has 0 amide bonds. The molecular formula is C19H17N3O4S. The molecule has 2 N–H and O–H groups in total. The fraction of sp³-hybridized carbons (Fsp3) is 0.105. The molecule has 0 atom stereocenters. The van der Waals surface area contributed by atoms with Crippen LogP contribution in [0, 0.1) is 4.77 Å². The lowest BCUT2D eigenvalue weighted by Gasteiger charge is -2.12. The lowest BCUT2D eigenvalue weighted by molar-refractivity contribution is 0.413. The van der Waals surface area contributed by atoms with Crippen LogP contribution >= 0.6 is 12.2 Å². The molecule has 2 aromatic carbocycles. The van der Waals surface area contributed by atoms with E-state index in [4.69, 9.17) is 21.7 Å². The van der Waals surface area contributed by atoms with E-state index < -0.39 is 5.56 Å². The summed E-state index contributed by atoms with van der Waals surface area (Å²) >= 11 is 5.20. The van der Waals surface area contributed by atoms with Gasteiger partial charge in [-0.2, -0.15) is 0 Å². The summed E-state index contributed by atoms with van der Waals surface area (Å²) in [5, 5.41) is 10.7. The molecule has 0 fully saturated rings. The van der Waals surface area contributed by atoms with E-state index in [-0.39, 0.29) is 16.2 Å². The normalized spacial score (nSPS) is 10.9. The molecule has 0 aliphatic rings. The van der Waals surface area contributed by atoms with Gasteiger partial charge in [0.2, 0.25) is 5.88 Å². The fourth-order valence-electron chi connectivity index (χ4n) is 2.45. The molecule has 0 spiro atoms. The molecular weight excluding hydrogens is 366 g/mol. The van der Waals surface area contributed by atoms with Crippen LogP contribution in [0.4, 0.5) is 5.69 Å². The number of aromatic hydroxyl groups is 1. The van der Waals surface area contributed by atoms with Crippen LogP contribution < -0.4 is 15.0 Å². The van der Waals surface area contributed by atoms with Gasteiger partial charge in [0, 0.05) is 12.3 Å². The Balaban J connectivity index is 2.07. The van der Waals surface area contributed by atoms with Crippen LogP contribution in [0.15, 0.2) is 58.3 Å². The van der Waals surface area contributed by atoms with Crippen LogP contribution in [-0.4, -0.2) is 35.1 Å². The minimum Gasteiger partial charge on any atom is -0.497 e. The second kappa shape index (κ2) is 7.88. The molecule has 0 saturated heterocycles. The highest BCUT2D eigenvalue weighted by molar-refractivity contribution is 7.71. The standard InChI is InChI=1S/C19H17N3O4S/c1-25-14-8-6-12(7-9-14)20-11-16-17(23)21-19(27)22(18(16)24)13-4-3-5-15(10-13)26-2/h3-11,24H,1-2H3,(H,21,23,27). The van der Waals surface area contributed by atoms with E-state index in [1.54, 1.807) is 55.6 Å². The van der Waals surface area contributed by atoms with Crippen LogP contribution in [0.3, 0.4) is 0 Å². The third-order valence-corrected chi connectivity index (χ3v) is 4.13. The number of aliphatic imine (C=N–C) groups is 1. The average molecular weight is 383 g/mol. The molecule has 7 nitrogen and oxygen atoms in total. The maximum atomic E-state index is 12.3. The van der Waals surface area contributed by atoms with Crippen LogP contribution in [0.2, 0.25) is 0 Å². The molecule has 0 aliphatic heterocycles. The highest BCUT2D eigenvalue weighted by Gasteiger charge is 2.13. The second-order valence-electron chi connectivity index (χ2n) is 5.49. The van der Waals surface area contributed by atoms with Crippen molar-refractivity contribution >= 4 is 24.1 Å². The molecule has 138 valence electrons. The van der Waals surface area contributed by atoms with Crippen molar-refractivity contribution in [3.8, 4) is 23.1 Å². The number of aromatic nitrogens is 2. The summed E-state index contributed by atoms with van der Waals surface area (Å²) in [5.41, 5.74) is 0.605. The summed E-state index contributed by atoms with van der Waals surface area (Å²) < 4.78 is 11.7. The Labute approximate surface area is 160 Å². The molecule has 0 radical (unpaired) electrons. The summed E-state index contributed by atoms with van der Waals surface area (Å²) in [6.07, 6.45) is 1.29. The van der Waals surface area contributed by atoms with Gasteiger partial charge in [-0.1, -0.05) is 6.07 Å². The van der Waals surface area contributed by atoms with Crippen molar-refractivity contribution in [2.24, 2.45) is 4.99 Å². The van der Waals surface area contributed by atoms with Gasteiger partial charge in [0.25, 0.3) is 5.56 Å². The van der Waals surface area contributed by atoms with Crippen LogP contribution in [0.1, 0.15) is 5.56 Å². The van der Waals surface area contributed by atoms with E-state index in [1.807, 2.05) is 0 Å². The van der Waals surface area contributed by atoms with Crippen LogP contribution in [0.25, 0.3) is 5.69 Å². The van der Waals surface area contributed by atoms with Gasteiger partial charge in [-0.15, -0.1) is 0 Å². The Morgan fingerprint density at radius 2 is 1.81 bits per heavy atom.